The second-order valence-corrected chi connectivity index (χ2v) is 11.3. The number of halogens is 1. The van der Waals surface area contributed by atoms with Crippen LogP contribution in [-0.4, -0.2) is 51.0 Å². The number of carbonyl (C=O) groups excluding carboxylic acids is 1. The molecule has 2 saturated heterocycles. The van der Waals surface area contributed by atoms with Crippen molar-refractivity contribution in [3.8, 4) is 11.9 Å². The fourth-order valence-corrected chi connectivity index (χ4v) is 5.67. The molecule has 2 aromatic carbocycles. The van der Waals surface area contributed by atoms with Crippen LogP contribution in [0.2, 0.25) is 0 Å². The summed E-state index contributed by atoms with van der Waals surface area (Å²) in [6.45, 7) is 7.71. The highest BCUT2D eigenvalue weighted by Crippen LogP contribution is 2.35. The Morgan fingerprint density at radius 1 is 1.22 bits per heavy atom. The molecule has 2 atom stereocenters. The number of carbonyl (C=O) groups is 1. The van der Waals surface area contributed by atoms with E-state index in [-0.39, 0.29) is 29.5 Å². The van der Waals surface area contributed by atoms with E-state index in [1.807, 2.05) is 36.4 Å². The third-order valence-electron chi connectivity index (χ3n) is 8.23. The minimum absolute atomic E-state index is 0.0309. The number of imidazole rings is 1. The van der Waals surface area contributed by atoms with E-state index in [1.165, 1.54) is 6.07 Å². The number of rotatable bonds is 9. The quantitative estimate of drug-likeness (QED) is 0.264. The van der Waals surface area contributed by atoms with Gasteiger partial charge in [-0.15, -0.1) is 0 Å². The first-order valence-corrected chi connectivity index (χ1v) is 13.9. The van der Waals surface area contributed by atoms with E-state index in [0.717, 1.165) is 61.6 Å². The Bertz CT molecular complexity index is 1660. The van der Waals surface area contributed by atoms with Crippen molar-refractivity contribution in [2.24, 2.45) is 0 Å². The van der Waals surface area contributed by atoms with Crippen LogP contribution in [0.15, 0.2) is 54.6 Å². The van der Waals surface area contributed by atoms with Crippen molar-refractivity contribution in [2.75, 3.05) is 19.7 Å². The molecule has 0 spiro atoms. The third-order valence-corrected chi connectivity index (χ3v) is 8.23. The van der Waals surface area contributed by atoms with E-state index < -0.39 is 5.82 Å². The molecule has 0 N–H and O–H groups in total. The van der Waals surface area contributed by atoms with Gasteiger partial charge in [0.1, 0.15) is 18.2 Å². The largest absolute Gasteiger partial charge is 0.473 e. The molecule has 41 heavy (non-hydrogen) atoms. The van der Waals surface area contributed by atoms with Gasteiger partial charge in [-0.05, 0) is 62.7 Å². The summed E-state index contributed by atoms with van der Waals surface area (Å²) >= 11 is 0. The molecule has 4 aromatic rings. The number of nitrogens with zero attached hydrogens (tertiary/aromatic N) is 5. The number of Topliss-reactive ketones (excluding diaryl/α,β-unsaturated/α-hetero) is 1. The molecular weight excluding hydrogens is 521 g/mol. The molecule has 9 heteroatoms. The van der Waals surface area contributed by atoms with Crippen LogP contribution in [-0.2, 0) is 29.8 Å². The van der Waals surface area contributed by atoms with E-state index in [0.29, 0.717) is 23.6 Å². The van der Waals surface area contributed by atoms with Crippen molar-refractivity contribution in [1.29, 1.82) is 5.26 Å². The van der Waals surface area contributed by atoms with Gasteiger partial charge in [0, 0.05) is 35.8 Å². The average Bonchev–Trinajstić information content (AvgIpc) is 3.49. The topological polar surface area (TPSA) is 93.3 Å². The second kappa shape index (κ2) is 11.0. The summed E-state index contributed by atoms with van der Waals surface area (Å²) in [4.78, 5) is 24.2. The van der Waals surface area contributed by atoms with Gasteiger partial charge in [0.25, 0.3) is 0 Å². The lowest BCUT2D eigenvalue weighted by molar-refractivity contribution is -0.0591. The average molecular weight is 554 g/mol. The van der Waals surface area contributed by atoms with Crippen LogP contribution in [0.1, 0.15) is 59.7 Å². The van der Waals surface area contributed by atoms with Gasteiger partial charge in [0.15, 0.2) is 5.78 Å². The summed E-state index contributed by atoms with van der Waals surface area (Å²) in [5, 5.41) is 8.96. The number of ketones is 1. The number of aromatic nitrogens is 3. The molecule has 210 valence electrons. The molecule has 0 saturated carbocycles. The van der Waals surface area contributed by atoms with Gasteiger partial charge in [-0.2, -0.15) is 5.26 Å². The maximum absolute atomic E-state index is 14.3. The van der Waals surface area contributed by atoms with Crippen molar-refractivity contribution in [3.63, 3.8) is 0 Å². The van der Waals surface area contributed by atoms with Gasteiger partial charge >= 0.3 is 0 Å². The first-order chi connectivity index (χ1) is 19.8. The summed E-state index contributed by atoms with van der Waals surface area (Å²) in [5.41, 5.74) is 3.93. The van der Waals surface area contributed by atoms with Crippen LogP contribution in [0.4, 0.5) is 4.39 Å². The fraction of sp³-hybridized carbons (Fsp3) is 0.375. The van der Waals surface area contributed by atoms with E-state index in [2.05, 4.69) is 16.4 Å². The number of likely N-dealkylation sites (tertiary alicyclic amines) is 1. The summed E-state index contributed by atoms with van der Waals surface area (Å²) < 4.78 is 28.1. The number of ether oxygens (including phenoxy) is 2. The standard InChI is InChI=1S/C32H32FN5O3/c1-21(39)23-8-9-27-28(15-23)38(17-25-10-13-40-25)30(35-27)18-37-12-11-32(2,20-37)29-4-3-5-31(36-29)41-19-24-7-6-22(16-34)14-26(24)33/h3-9,14-15,25H,10-13,17-20H2,1-2H3/t25-,32+/m0/s1. The van der Waals surface area contributed by atoms with Crippen molar-refractivity contribution < 1.29 is 18.7 Å². The molecule has 0 amide bonds. The number of hydrogen-bond acceptors (Lipinski definition) is 7. The van der Waals surface area contributed by atoms with E-state index in [1.54, 1.807) is 25.1 Å². The summed E-state index contributed by atoms with van der Waals surface area (Å²) in [5.74, 6) is 0.979. The monoisotopic (exact) mass is 553 g/mol. The zero-order chi connectivity index (χ0) is 28.6. The molecule has 0 radical (unpaired) electrons. The molecule has 2 aliphatic rings. The first-order valence-electron chi connectivity index (χ1n) is 13.9. The Morgan fingerprint density at radius 3 is 2.80 bits per heavy atom. The predicted octanol–water partition coefficient (Wildman–Crippen LogP) is 5.18. The van der Waals surface area contributed by atoms with Gasteiger partial charge in [-0.3, -0.25) is 9.69 Å². The summed E-state index contributed by atoms with van der Waals surface area (Å²) in [7, 11) is 0. The Kier molecular flexibility index (Phi) is 7.28. The van der Waals surface area contributed by atoms with E-state index >= 15 is 0 Å². The number of pyridine rings is 1. The Balaban J connectivity index is 1.18. The normalized spacial score (nSPS) is 20.6. The maximum Gasteiger partial charge on any atom is 0.213 e. The number of nitriles is 1. The predicted molar refractivity (Wildman–Crippen MR) is 151 cm³/mol. The van der Waals surface area contributed by atoms with Crippen LogP contribution in [0.5, 0.6) is 5.88 Å². The Morgan fingerprint density at radius 2 is 2.07 bits per heavy atom. The van der Waals surface area contributed by atoms with Gasteiger partial charge in [0.2, 0.25) is 5.88 Å². The van der Waals surface area contributed by atoms with E-state index in [9.17, 15) is 9.18 Å². The minimum Gasteiger partial charge on any atom is -0.473 e. The smallest absolute Gasteiger partial charge is 0.213 e. The molecule has 8 nitrogen and oxygen atoms in total. The van der Waals surface area contributed by atoms with Crippen molar-refractivity contribution in [3.05, 3.63) is 88.6 Å². The molecule has 6 rings (SSSR count). The first kappa shape index (κ1) is 27.1. The molecule has 0 unspecified atom stereocenters. The van der Waals surface area contributed by atoms with Gasteiger partial charge in [0.05, 0.1) is 47.6 Å². The number of benzene rings is 2. The highest BCUT2D eigenvalue weighted by Gasteiger charge is 2.37. The van der Waals surface area contributed by atoms with Crippen molar-refractivity contribution in [1.82, 2.24) is 19.4 Å². The number of fused-ring (bicyclic) bond motifs is 1. The molecule has 2 fully saturated rings. The second-order valence-electron chi connectivity index (χ2n) is 11.3. The van der Waals surface area contributed by atoms with Crippen LogP contribution in [0.3, 0.4) is 0 Å². The Labute approximate surface area is 238 Å². The van der Waals surface area contributed by atoms with Gasteiger partial charge < -0.3 is 14.0 Å². The lowest BCUT2D eigenvalue weighted by Crippen LogP contribution is -2.33. The summed E-state index contributed by atoms with van der Waals surface area (Å²) in [6, 6.07) is 17.7. The van der Waals surface area contributed by atoms with Crippen molar-refractivity contribution in [2.45, 2.75) is 57.9 Å². The fourth-order valence-electron chi connectivity index (χ4n) is 5.67. The molecule has 4 heterocycles. The van der Waals surface area contributed by atoms with E-state index in [4.69, 9.17) is 24.7 Å². The summed E-state index contributed by atoms with van der Waals surface area (Å²) in [6.07, 6.45) is 2.12. The SMILES string of the molecule is CC(=O)c1ccc2nc(CN3CC[C@@](C)(c4cccc(OCc5ccc(C#N)cc5F)n4)C3)n(C[C@@H]3CCO3)c2c1. The highest BCUT2D eigenvalue weighted by molar-refractivity contribution is 5.97. The molecule has 0 bridgehead atoms. The molecule has 0 aliphatic carbocycles. The molecular formula is C32H32FN5O3. The lowest BCUT2D eigenvalue weighted by atomic mass is 9.85. The van der Waals surface area contributed by atoms with Gasteiger partial charge in [-0.1, -0.05) is 19.1 Å². The van der Waals surface area contributed by atoms with Crippen LogP contribution < -0.4 is 4.74 Å². The van der Waals surface area contributed by atoms with Crippen LogP contribution >= 0.6 is 0 Å². The van der Waals surface area contributed by atoms with Crippen LogP contribution in [0, 0.1) is 17.1 Å². The molecule has 2 aromatic heterocycles. The molecule has 2 aliphatic heterocycles. The zero-order valence-electron chi connectivity index (χ0n) is 23.3. The number of hydrogen-bond donors (Lipinski definition) is 0. The Hall–Kier alpha value is -4.13. The minimum atomic E-state index is -0.467. The highest BCUT2D eigenvalue weighted by atomic mass is 19.1. The van der Waals surface area contributed by atoms with Gasteiger partial charge in [-0.25, -0.2) is 14.4 Å². The maximum atomic E-state index is 14.3. The van der Waals surface area contributed by atoms with Crippen molar-refractivity contribution >= 4 is 16.8 Å². The zero-order valence-corrected chi connectivity index (χ0v) is 23.3. The third kappa shape index (κ3) is 5.58. The van der Waals surface area contributed by atoms with Crippen LogP contribution in [0.25, 0.3) is 11.0 Å². The lowest BCUT2D eigenvalue weighted by Gasteiger charge is -2.28.